The summed E-state index contributed by atoms with van der Waals surface area (Å²) in [5.41, 5.74) is -0.293. The molecule has 4 heterocycles. The lowest BCUT2D eigenvalue weighted by Crippen LogP contribution is -2.60. The van der Waals surface area contributed by atoms with E-state index in [0.717, 1.165) is 11.0 Å². The minimum absolute atomic E-state index is 0.0367. The van der Waals surface area contributed by atoms with Gasteiger partial charge in [-0.05, 0) is 6.42 Å². The third kappa shape index (κ3) is 4.10. The van der Waals surface area contributed by atoms with E-state index in [4.69, 9.17) is 4.74 Å². The van der Waals surface area contributed by atoms with Gasteiger partial charge in [0.15, 0.2) is 5.52 Å². The lowest BCUT2D eigenvalue weighted by molar-refractivity contribution is -0.152. The van der Waals surface area contributed by atoms with Gasteiger partial charge in [0.05, 0.1) is 37.3 Å². The van der Waals surface area contributed by atoms with Crippen molar-refractivity contribution in [1.82, 2.24) is 33.8 Å². The van der Waals surface area contributed by atoms with Crippen LogP contribution >= 0.6 is 0 Å². The molecule has 1 amide bonds. The molecule has 0 saturated carbocycles. The van der Waals surface area contributed by atoms with Crippen molar-refractivity contribution in [1.29, 1.82) is 0 Å². The number of amides is 1. The molecule has 13 heteroatoms. The maximum absolute atomic E-state index is 12.5. The largest absolute Gasteiger partial charge is 0.388 e. The van der Waals surface area contributed by atoms with E-state index in [9.17, 15) is 24.6 Å². The Bertz CT molecular complexity index is 1290. The summed E-state index contributed by atoms with van der Waals surface area (Å²) in [6.07, 6.45) is 1.86. The molecule has 1 fully saturated rings. The van der Waals surface area contributed by atoms with Crippen LogP contribution < -0.4 is 16.6 Å². The molecular formula is C20H27N7O6. The Hall–Kier alpha value is -3.29. The fraction of sp³-hybridized carbons (Fsp3) is 0.550. The van der Waals surface area contributed by atoms with E-state index >= 15 is 0 Å². The van der Waals surface area contributed by atoms with Gasteiger partial charge in [0.25, 0.3) is 11.5 Å². The zero-order chi connectivity index (χ0) is 23.9. The highest BCUT2D eigenvalue weighted by Gasteiger charge is 2.39. The Morgan fingerprint density at radius 3 is 2.73 bits per heavy atom. The van der Waals surface area contributed by atoms with Gasteiger partial charge >= 0.3 is 5.69 Å². The van der Waals surface area contributed by atoms with Crippen LogP contribution in [0.3, 0.4) is 0 Å². The number of hydrogen-bond donors (Lipinski definition) is 3. The van der Waals surface area contributed by atoms with E-state index in [-0.39, 0.29) is 24.3 Å². The van der Waals surface area contributed by atoms with Gasteiger partial charge in [-0.2, -0.15) is 5.10 Å². The summed E-state index contributed by atoms with van der Waals surface area (Å²) in [7, 11) is 2.89. The van der Waals surface area contributed by atoms with Crippen LogP contribution in [0, 0.1) is 0 Å². The molecule has 4 atom stereocenters. The Kier molecular flexibility index (Phi) is 6.19. The van der Waals surface area contributed by atoms with E-state index in [2.05, 4.69) is 15.4 Å². The molecule has 3 N–H and O–H groups in total. The SMILES string of the molecule is CCCn1cc(C(=O)N[C@@H]2CO[C@H](Cn3cnc4c(=O)n(C)c(=O)n(C)c43)[C@@H](O)[C@H]2O)cn1. The first-order chi connectivity index (χ1) is 15.7. The highest BCUT2D eigenvalue weighted by molar-refractivity contribution is 5.93. The molecule has 1 aliphatic rings. The van der Waals surface area contributed by atoms with Crippen molar-refractivity contribution < 1.29 is 19.7 Å². The molecule has 178 valence electrons. The van der Waals surface area contributed by atoms with Crippen LogP contribution in [0.1, 0.15) is 23.7 Å². The number of carbonyl (C=O) groups is 1. The first-order valence-electron chi connectivity index (χ1n) is 10.6. The van der Waals surface area contributed by atoms with Gasteiger partial charge in [0, 0.05) is 26.8 Å². The number of fused-ring (bicyclic) bond motifs is 1. The van der Waals surface area contributed by atoms with Crippen LogP contribution in [0.2, 0.25) is 0 Å². The van der Waals surface area contributed by atoms with Gasteiger partial charge < -0.3 is 24.8 Å². The molecular weight excluding hydrogens is 434 g/mol. The van der Waals surface area contributed by atoms with Crippen molar-refractivity contribution in [3.63, 3.8) is 0 Å². The molecule has 1 saturated heterocycles. The minimum atomic E-state index is -1.33. The Morgan fingerprint density at radius 1 is 1.24 bits per heavy atom. The molecule has 33 heavy (non-hydrogen) atoms. The van der Waals surface area contributed by atoms with Crippen molar-refractivity contribution >= 4 is 17.1 Å². The predicted molar refractivity (Wildman–Crippen MR) is 116 cm³/mol. The molecule has 4 rings (SSSR count). The maximum Gasteiger partial charge on any atom is 0.332 e. The van der Waals surface area contributed by atoms with Gasteiger partial charge in [-0.15, -0.1) is 0 Å². The monoisotopic (exact) mass is 461 g/mol. The number of nitrogens with one attached hydrogen (secondary N) is 1. The van der Waals surface area contributed by atoms with E-state index in [1.165, 1.54) is 35.8 Å². The van der Waals surface area contributed by atoms with Crippen LogP contribution in [0.5, 0.6) is 0 Å². The quantitative estimate of drug-likeness (QED) is 0.379. The molecule has 3 aromatic heterocycles. The maximum atomic E-state index is 12.5. The van der Waals surface area contributed by atoms with Gasteiger partial charge in [-0.3, -0.25) is 23.4 Å². The van der Waals surface area contributed by atoms with Gasteiger partial charge in [-0.25, -0.2) is 9.78 Å². The topological polar surface area (TPSA) is 158 Å². The number of aryl methyl sites for hydroxylation is 2. The highest BCUT2D eigenvalue weighted by atomic mass is 16.5. The van der Waals surface area contributed by atoms with E-state index in [1.807, 2.05) is 6.92 Å². The Labute approximate surface area is 187 Å². The number of ether oxygens (including phenoxy) is 1. The third-order valence-electron chi connectivity index (χ3n) is 5.88. The van der Waals surface area contributed by atoms with Gasteiger partial charge in [0.1, 0.15) is 24.0 Å². The number of aromatic nitrogens is 6. The number of rotatable bonds is 6. The van der Waals surface area contributed by atoms with Crippen LogP contribution in [-0.2, 0) is 31.9 Å². The van der Waals surface area contributed by atoms with Crippen LogP contribution in [0.15, 0.2) is 28.3 Å². The first kappa shape index (κ1) is 22.9. The standard InChI is InChI=1S/C20H27N7O6/c1-4-5-27-7-11(6-22-27)17(30)23-12-9-33-13(16(29)15(12)28)8-26-10-21-14-18(26)24(2)20(32)25(3)19(14)31/h6-7,10,12-13,15-16,28-29H,4-5,8-9H2,1-3H3,(H,23,30)/t12-,13-,15+,16-/m1/s1. The molecule has 0 unspecified atom stereocenters. The number of imidazole rings is 1. The van der Waals surface area contributed by atoms with Crippen LogP contribution in [0.4, 0.5) is 0 Å². The molecule has 1 aliphatic heterocycles. The normalized spacial score (nSPS) is 23.2. The van der Waals surface area contributed by atoms with Crippen molar-refractivity contribution in [2.75, 3.05) is 6.61 Å². The van der Waals surface area contributed by atoms with Crippen molar-refractivity contribution in [3.05, 3.63) is 45.1 Å². The van der Waals surface area contributed by atoms with E-state index < -0.39 is 41.5 Å². The second kappa shape index (κ2) is 8.92. The molecule has 0 radical (unpaired) electrons. The molecule has 3 aromatic rings. The van der Waals surface area contributed by atoms with E-state index in [0.29, 0.717) is 12.1 Å². The highest BCUT2D eigenvalue weighted by Crippen LogP contribution is 2.19. The third-order valence-corrected chi connectivity index (χ3v) is 5.88. The average Bonchev–Trinajstić information content (AvgIpc) is 3.43. The molecule has 0 spiro atoms. The fourth-order valence-corrected chi connectivity index (χ4v) is 4.02. The summed E-state index contributed by atoms with van der Waals surface area (Å²) in [5, 5.41) is 28.1. The predicted octanol–water partition coefficient (Wildman–Crippen LogP) is -2.04. The Morgan fingerprint density at radius 2 is 2.00 bits per heavy atom. The average molecular weight is 461 g/mol. The zero-order valence-electron chi connectivity index (χ0n) is 18.6. The summed E-state index contributed by atoms with van der Waals surface area (Å²) < 4.78 is 11.2. The number of nitrogens with zero attached hydrogens (tertiary/aromatic N) is 6. The minimum Gasteiger partial charge on any atom is -0.388 e. The molecule has 0 aliphatic carbocycles. The van der Waals surface area contributed by atoms with Crippen LogP contribution in [-0.4, -0.2) is 75.5 Å². The number of carbonyl (C=O) groups excluding carboxylic acids is 1. The first-order valence-corrected chi connectivity index (χ1v) is 10.6. The lowest BCUT2D eigenvalue weighted by atomic mass is 9.97. The second-order valence-electron chi connectivity index (χ2n) is 8.20. The molecule has 0 bridgehead atoms. The summed E-state index contributed by atoms with van der Waals surface area (Å²) in [6.45, 7) is 2.69. The van der Waals surface area contributed by atoms with Gasteiger partial charge in [-0.1, -0.05) is 6.92 Å². The lowest BCUT2D eigenvalue weighted by Gasteiger charge is -2.38. The number of aliphatic hydroxyl groups is 2. The van der Waals surface area contributed by atoms with Crippen molar-refractivity contribution in [2.24, 2.45) is 14.1 Å². The second-order valence-corrected chi connectivity index (χ2v) is 8.20. The van der Waals surface area contributed by atoms with Crippen LogP contribution in [0.25, 0.3) is 11.2 Å². The van der Waals surface area contributed by atoms with Gasteiger partial charge in [0.2, 0.25) is 0 Å². The smallest absolute Gasteiger partial charge is 0.332 e. The van der Waals surface area contributed by atoms with Crippen molar-refractivity contribution in [2.45, 2.75) is 50.8 Å². The summed E-state index contributed by atoms with van der Waals surface area (Å²) >= 11 is 0. The summed E-state index contributed by atoms with van der Waals surface area (Å²) in [5.74, 6) is -0.429. The molecule has 13 nitrogen and oxygen atoms in total. The van der Waals surface area contributed by atoms with E-state index in [1.54, 1.807) is 10.9 Å². The Balaban J connectivity index is 1.47. The molecule has 0 aromatic carbocycles. The summed E-state index contributed by atoms with van der Waals surface area (Å²) in [4.78, 5) is 41.2. The fourth-order valence-electron chi connectivity index (χ4n) is 4.02. The zero-order valence-corrected chi connectivity index (χ0v) is 18.6. The number of hydrogen-bond acceptors (Lipinski definition) is 8. The van der Waals surface area contributed by atoms with Crippen molar-refractivity contribution in [3.8, 4) is 0 Å². The summed E-state index contributed by atoms with van der Waals surface area (Å²) in [6, 6.07) is -0.825. The number of aliphatic hydroxyl groups excluding tert-OH is 2.